The summed E-state index contributed by atoms with van der Waals surface area (Å²) in [5.41, 5.74) is -0.959. The first-order valence-corrected chi connectivity index (χ1v) is 4.90. The van der Waals surface area contributed by atoms with Crippen LogP contribution in [-0.4, -0.2) is 39.4 Å². The fourth-order valence-corrected chi connectivity index (χ4v) is 2.53. The molecule has 0 saturated carbocycles. The van der Waals surface area contributed by atoms with E-state index in [4.69, 9.17) is 4.74 Å². The minimum atomic E-state index is -1.13. The van der Waals surface area contributed by atoms with E-state index in [2.05, 4.69) is 0 Å². The quantitative estimate of drug-likeness (QED) is 0.717. The zero-order chi connectivity index (χ0) is 11.2. The molecule has 4 nitrogen and oxygen atoms in total. The van der Waals surface area contributed by atoms with Gasteiger partial charge in [0.2, 0.25) is 0 Å². The third-order valence-electron chi connectivity index (χ3n) is 2.94. The van der Waals surface area contributed by atoms with E-state index in [1.807, 2.05) is 27.7 Å². The van der Waals surface area contributed by atoms with Gasteiger partial charge < -0.3 is 15.1 Å². The van der Waals surface area contributed by atoms with Gasteiger partial charge in [-0.05, 0) is 27.7 Å². The van der Waals surface area contributed by atoms with Crippen molar-refractivity contribution in [2.45, 2.75) is 57.4 Å². The van der Waals surface area contributed by atoms with Gasteiger partial charge in [-0.3, -0.25) is 0 Å². The summed E-state index contributed by atoms with van der Waals surface area (Å²) in [6.07, 6.45) is 0.798. The number of hydrogen-bond donors (Lipinski definition) is 2. The Kier molecular flexibility index (Phi) is 4.96. The Morgan fingerprint density at radius 2 is 1.40 bits per heavy atom. The van der Waals surface area contributed by atoms with E-state index in [9.17, 15) is 10.3 Å². The van der Waals surface area contributed by atoms with Crippen molar-refractivity contribution in [1.29, 1.82) is 0 Å². The maximum Gasteiger partial charge on any atom is 0.168 e. The molecule has 15 heavy (non-hydrogen) atoms. The summed E-state index contributed by atoms with van der Waals surface area (Å²) < 4.78 is 5.12. The van der Waals surface area contributed by atoms with Crippen LogP contribution in [0.1, 0.15) is 40.5 Å². The number of hydrogen-bond acceptors (Lipinski definition) is 4. The van der Waals surface area contributed by atoms with Gasteiger partial charge in [-0.2, -0.15) is 5.06 Å². The number of methoxy groups -OCH3 is 1. The first-order chi connectivity index (χ1) is 6.13. The summed E-state index contributed by atoms with van der Waals surface area (Å²) in [5, 5.41) is 21.4. The second-order valence-electron chi connectivity index (χ2n) is 5.44. The summed E-state index contributed by atoms with van der Waals surface area (Å²) >= 11 is 0. The third kappa shape index (κ3) is 3.21. The third-order valence-corrected chi connectivity index (χ3v) is 2.94. The molecule has 5 heteroatoms. The molecule has 1 radical (unpaired) electrons. The molecule has 0 spiro atoms. The zero-order valence-electron chi connectivity index (χ0n) is 10.2. The Bertz CT molecular complexity index is 207. The van der Waals surface area contributed by atoms with Crippen molar-refractivity contribution in [2.24, 2.45) is 0 Å². The zero-order valence-corrected chi connectivity index (χ0v) is 13.1. The first kappa shape index (κ1) is 15.9. The van der Waals surface area contributed by atoms with Crippen molar-refractivity contribution in [2.75, 3.05) is 7.11 Å². The fraction of sp³-hybridized carbons (Fsp3) is 1.00. The molecule has 87 valence electrons. The summed E-state index contributed by atoms with van der Waals surface area (Å²) in [5.74, 6) is -1.13. The van der Waals surface area contributed by atoms with E-state index in [1.165, 1.54) is 12.2 Å². The van der Waals surface area contributed by atoms with E-state index in [0.717, 1.165) is 0 Å². The smallest absolute Gasteiger partial charge is 0.168 e. The number of piperidine rings is 1. The van der Waals surface area contributed by atoms with Gasteiger partial charge in [0.15, 0.2) is 5.79 Å². The van der Waals surface area contributed by atoms with Gasteiger partial charge in [-0.25, -0.2) is 0 Å². The van der Waals surface area contributed by atoms with Crippen LogP contribution in [-0.2, 0) is 37.4 Å². The van der Waals surface area contributed by atoms with Crippen LogP contribution in [0.15, 0.2) is 0 Å². The van der Waals surface area contributed by atoms with E-state index in [-0.39, 0.29) is 32.7 Å². The molecule has 1 aliphatic heterocycles. The molecule has 2 N–H and O–H groups in total. The first-order valence-electron chi connectivity index (χ1n) is 4.90. The molecular formula is C10H21NO3Y. The molecule has 1 fully saturated rings. The van der Waals surface area contributed by atoms with Crippen molar-refractivity contribution in [1.82, 2.24) is 5.06 Å². The number of aliphatic hydroxyl groups is 1. The molecule has 1 rings (SSSR count). The van der Waals surface area contributed by atoms with Gasteiger partial charge >= 0.3 is 0 Å². The standard InChI is InChI=1S/C10H21NO3.Y/c1-8(2)6-10(12,14-5)7-9(3,4)11(8)13;/h12-13H,6-7H2,1-5H3;. The van der Waals surface area contributed by atoms with Crippen molar-refractivity contribution in [3.05, 3.63) is 0 Å². The van der Waals surface area contributed by atoms with Crippen molar-refractivity contribution in [3.8, 4) is 0 Å². The van der Waals surface area contributed by atoms with Gasteiger partial charge in [-0.15, -0.1) is 0 Å². The maximum atomic E-state index is 10.1. The van der Waals surface area contributed by atoms with Crippen LogP contribution >= 0.6 is 0 Å². The van der Waals surface area contributed by atoms with Gasteiger partial charge in [0, 0.05) is 63.7 Å². The van der Waals surface area contributed by atoms with Crippen LogP contribution < -0.4 is 0 Å². The molecule has 0 aromatic carbocycles. The normalized spacial score (nSPS) is 28.2. The monoisotopic (exact) mass is 292 g/mol. The Balaban J connectivity index is 0.00000196. The number of nitrogens with zero attached hydrogens (tertiary/aromatic N) is 1. The molecule has 1 saturated heterocycles. The van der Waals surface area contributed by atoms with Crippen LogP contribution in [0.3, 0.4) is 0 Å². The predicted molar refractivity (Wildman–Crippen MR) is 53.0 cm³/mol. The molecule has 0 aromatic rings. The number of hydroxylamine groups is 2. The van der Waals surface area contributed by atoms with Crippen LogP contribution in [0.2, 0.25) is 0 Å². The maximum absolute atomic E-state index is 10.1. The summed E-state index contributed by atoms with van der Waals surface area (Å²) in [4.78, 5) is 0. The van der Waals surface area contributed by atoms with Crippen molar-refractivity contribution < 1.29 is 47.8 Å². The molecule has 0 atom stereocenters. The van der Waals surface area contributed by atoms with Crippen LogP contribution in [0.5, 0.6) is 0 Å². The number of ether oxygens (including phenoxy) is 1. The average Bonchev–Trinajstić information content (AvgIpc) is 1.99. The molecule has 1 heterocycles. The number of rotatable bonds is 1. The predicted octanol–water partition coefficient (Wildman–Crippen LogP) is 1.36. The largest absolute Gasteiger partial charge is 0.365 e. The summed E-state index contributed by atoms with van der Waals surface area (Å²) in [6.45, 7) is 7.55. The molecule has 0 bridgehead atoms. The van der Waals surface area contributed by atoms with Crippen LogP contribution in [0, 0.1) is 0 Å². The second kappa shape index (κ2) is 4.67. The average molecular weight is 292 g/mol. The fourth-order valence-electron chi connectivity index (χ4n) is 2.53. The minimum Gasteiger partial charge on any atom is -0.365 e. The summed E-state index contributed by atoms with van der Waals surface area (Å²) in [6, 6.07) is 0. The van der Waals surface area contributed by atoms with Crippen molar-refractivity contribution >= 4 is 0 Å². The Morgan fingerprint density at radius 1 is 1.07 bits per heavy atom. The van der Waals surface area contributed by atoms with Crippen LogP contribution in [0.4, 0.5) is 0 Å². The molecule has 0 unspecified atom stereocenters. The van der Waals surface area contributed by atoms with Gasteiger partial charge in [0.1, 0.15) is 0 Å². The van der Waals surface area contributed by atoms with Gasteiger partial charge in [0.25, 0.3) is 0 Å². The topological polar surface area (TPSA) is 52.9 Å². The second-order valence-corrected chi connectivity index (χ2v) is 5.44. The van der Waals surface area contributed by atoms with Crippen molar-refractivity contribution in [3.63, 3.8) is 0 Å². The Morgan fingerprint density at radius 3 is 1.67 bits per heavy atom. The Hall–Kier alpha value is 0.944. The molecule has 0 aliphatic carbocycles. The van der Waals surface area contributed by atoms with Gasteiger partial charge in [0.05, 0.1) is 0 Å². The molecule has 0 amide bonds. The van der Waals surface area contributed by atoms with Crippen LogP contribution in [0.25, 0.3) is 0 Å². The molecule has 1 aliphatic rings. The summed E-state index contributed by atoms with van der Waals surface area (Å²) in [7, 11) is 1.50. The molecule has 0 aromatic heterocycles. The van der Waals surface area contributed by atoms with E-state index >= 15 is 0 Å². The van der Waals surface area contributed by atoms with E-state index in [1.54, 1.807) is 0 Å². The SMILES string of the molecule is COC1(O)CC(C)(C)N(O)C(C)(C)C1.[Y]. The van der Waals surface area contributed by atoms with E-state index < -0.39 is 16.9 Å². The Labute approximate surface area is 117 Å². The molecular weight excluding hydrogens is 271 g/mol. The minimum absolute atomic E-state index is 0. The van der Waals surface area contributed by atoms with Gasteiger partial charge in [-0.1, -0.05) is 0 Å². The van der Waals surface area contributed by atoms with E-state index in [0.29, 0.717) is 12.8 Å².